The lowest BCUT2D eigenvalue weighted by Crippen LogP contribution is -2.45. The zero-order valence-electron chi connectivity index (χ0n) is 10.7. The lowest BCUT2D eigenvalue weighted by atomic mass is 9.73. The van der Waals surface area contributed by atoms with Gasteiger partial charge in [0.15, 0.2) is 0 Å². The van der Waals surface area contributed by atoms with Gasteiger partial charge in [-0.1, -0.05) is 26.2 Å². The van der Waals surface area contributed by atoms with Crippen molar-refractivity contribution in [2.75, 3.05) is 32.8 Å². The van der Waals surface area contributed by atoms with E-state index >= 15 is 0 Å². The van der Waals surface area contributed by atoms with Gasteiger partial charge in [-0.2, -0.15) is 0 Å². The quantitative estimate of drug-likeness (QED) is 0.696. The van der Waals surface area contributed by atoms with Crippen LogP contribution in [0.3, 0.4) is 0 Å². The number of nitrogens with two attached hydrogens (primary N) is 1. The topological polar surface area (TPSA) is 49.5 Å². The van der Waals surface area contributed by atoms with E-state index in [2.05, 4.69) is 11.8 Å². The molecule has 0 aliphatic heterocycles. The van der Waals surface area contributed by atoms with Crippen molar-refractivity contribution in [3.8, 4) is 0 Å². The third-order valence-electron chi connectivity index (χ3n) is 3.86. The molecule has 3 N–H and O–H groups in total. The first kappa shape index (κ1) is 13.9. The van der Waals surface area contributed by atoms with Gasteiger partial charge >= 0.3 is 0 Å². The van der Waals surface area contributed by atoms with Crippen LogP contribution in [0, 0.1) is 5.41 Å². The van der Waals surface area contributed by atoms with Gasteiger partial charge in [0.25, 0.3) is 0 Å². The highest BCUT2D eigenvalue weighted by Crippen LogP contribution is 2.36. The van der Waals surface area contributed by atoms with E-state index in [0.717, 1.165) is 32.6 Å². The summed E-state index contributed by atoms with van der Waals surface area (Å²) in [4.78, 5) is 2.39. The van der Waals surface area contributed by atoms with E-state index in [9.17, 15) is 0 Å². The molecule has 0 aromatic carbocycles. The summed E-state index contributed by atoms with van der Waals surface area (Å²) < 4.78 is 0. The van der Waals surface area contributed by atoms with E-state index in [1.807, 2.05) is 0 Å². The van der Waals surface area contributed by atoms with Crippen LogP contribution >= 0.6 is 0 Å². The maximum Gasteiger partial charge on any atom is 0.0558 e. The van der Waals surface area contributed by atoms with Gasteiger partial charge in [0.2, 0.25) is 0 Å². The summed E-state index contributed by atoms with van der Waals surface area (Å²) in [5.74, 6) is 0. The molecule has 0 spiro atoms. The highest BCUT2D eigenvalue weighted by atomic mass is 16.3. The highest BCUT2D eigenvalue weighted by molar-refractivity contribution is 4.86. The molecule has 0 saturated heterocycles. The minimum atomic E-state index is 0.265. The summed E-state index contributed by atoms with van der Waals surface area (Å²) in [5, 5.41) is 9.08. The Morgan fingerprint density at radius 2 is 1.88 bits per heavy atom. The van der Waals surface area contributed by atoms with E-state index in [1.54, 1.807) is 0 Å². The number of aliphatic hydroxyl groups is 1. The molecule has 0 heterocycles. The van der Waals surface area contributed by atoms with Gasteiger partial charge in [-0.05, 0) is 37.8 Å². The van der Waals surface area contributed by atoms with Crippen molar-refractivity contribution in [1.29, 1.82) is 0 Å². The predicted octanol–water partition coefficient (Wildman–Crippen LogP) is 1.60. The minimum Gasteiger partial charge on any atom is -0.395 e. The van der Waals surface area contributed by atoms with Crippen molar-refractivity contribution in [2.24, 2.45) is 11.1 Å². The summed E-state index contributed by atoms with van der Waals surface area (Å²) in [6.07, 6.45) is 7.73. The van der Waals surface area contributed by atoms with Gasteiger partial charge < -0.3 is 15.7 Å². The SMILES string of the molecule is CCCN(CCO)CC1(CN)CCCCC1. The van der Waals surface area contributed by atoms with Crippen LogP contribution in [-0.4, -0.2) is 42.8 Å². The Bertz CT molecular complexity index is 173. The Kier molecular flexibility index (Phi) is 6.32. The molecule has 0 amide bonds. The van der Waals surface area contributed by atoms with Crippen LogP contribution in [0.1, 0.15) is 45.4 Å². The Balaban J connectivity index is 2.50. The van der Waals surface area contributed by atoms with Gasteiger partial charge in [0, 0.05) is 13.1 Å². The lowest BCUT2D eigenvalue weighted by molar-refractivity contribution is 0.0961. The van der Waals surface area contributed by atoms with Crippen molar-refractivity contribution in [1.82, 2.24) is 4.90 Å². The molecule has 1 saturated carbocycles. The van der Waals surface area contributed by atoms with Crippen LogP contribution in [0.4, 0.5) is 0 Å². The van der Waals surface area contributed by atoms with Crippen molar-refractivity contribution in [3.63, 3.8) is 0 Å². The van der Waals surface area contributed by atoms with Crippen molar-refractivity contribution >= 4 is 0 Å². The van der Waals surface area contributed by atoms with E-state index < -0.39 is 0 Å². The molecule has 16 heavy (non-hydrogen) atoms. The number of nitrogens with zero attached hydrogens (tertiary/aromatic N) is 1. The Labute approximate surface area is 100 Å². The van der Waals surface area contributed by atoms with Gasteiger partial charge in [0.05, 0.1) is 6.61 Å². The van der Waals surface area contributed by atoms with Gasteiger partial charge in [-0.15, -0.1) is 0 Å². The van der Waals surface area contributed by atoms with Gasteiger partial charge in [-0.3, -0.25) is 0 Å². The van der Waals surface area contributed by atoms with Crippen molar-refractivity contribution in [3.05, 3.63) is 0 Å². The fourth-order valence-corrected chi connectivity index (χ4v) is 2.93. The van der Waals surface area contributed by atoms with E-state index in [1.165, 1.54) is 32.1 Å². The van der Waals surface area contributed by atoms with Crippen LogP contribution in [0.5, 0.6) is 0 Å². The van der Waals surface area contributed by atoms with Crippen LogP contribution in [0.15, 0.2) is 0 Å². The summed E-state index contributed by atoms with van der Waals surface area (Å²) in [7, 11) is 0. The van der Waals surface area contributed by atoms with Crippen LogP contribution < -0.4 is 5.73 Å². The van der Waals surface area contributed by atoms with Crippen LogP contribution in [0.25, 0.3) is 0 Å². The molecular weight excluding hydrogens is 200 g/mol. The first-order valence-electron chi connectivity index (χ1n) is 6.79. The first-order valence-corrected chi connectivity index (χ1v) is 6.79. The molecule has 0 bridgehead atoms. The zero-order chi connectivity index (χ0) is 11.9. The minimum absolute atomic E-state index is 0.265. The first-order chi connectivity index (χ1) is 7.76. The number of hydrogen-bond acceptors (Lipinski definition) is 3. The predicted molar refractivity (Wildman–Crippen MR) is 68.4 cm³/mol. The molecule has 1 fully saturated rings. The fraction of sp³-hybridized carbons (Fsp3) is 1.00. The molecule has 96 valence electrons. The van der Waals surface area contributed by atoms with Crippen molar-refractivity contribution in [2.45, 2.75) is 45.4 Å². The third kappa shape index (κ3) is 4.04. The smallest absolute Gasteiger partial charge is 0.0558 e. The van der Waals surface area contributed by atoms with Crippen LogP contribution in [0.2, 0.25) is 0 Å². The monoisotopic (exact) mass is 228 g/mol. The van der Waals surface area contributed by atoms with E-state index in [-0.39, 0.29) is 6.61 Å². The molecule has 0 aromatic rings. The summed E-state index contributed by atoms with van der Waals surface area (Å²) in [6, 6.07) is 0. The molecule has 0 atom stereocenters. The second-order valence-corrected chi connectivity index (χ2v) is 5.26. The lowest BCUT2D eigenvalue weighted by Gasteiger charge is -2.40. The van der Waals surface area contributed by atoms with Crippen molar-refractivity contribution < 1.29 is 5.11 Å². The molecule has 0 unspecified atom stereocenters. The molecule has 3 heteroatoms. The molecule has 1 aliphatic carbocycles. The number of aliphatic hydroxyl groups excluding tert-OH is 1. The Morgan fingerprint density at radius 1 is 1.19 bits per heavy atom. The van der Waals surface area contributed by atoms with Gasteiger partial charge in [-0.25, -0.2) is 0 Å². The summed E-state index contributed by atoms with van der Waals surface area (Å²) in [6.45, 7) is 6.23. The normalized spacial score (nSPS) is 20.2. The fourth-order valence-electron chi connectivity index (χ4n) is 2.93. The Hall–Kier alpha value is -0.120. The molecular formula is C13H28N2O. The number of rotatable bonds is 7. The molecule has 1 aliphatic rings. The average molecular weight is 228 g/mol. The average Bonchev–Trinajstić information content (AvgIpc) is 2.31. The zero-order valence-corrected chi connectivity index (χ0v) is 10.7. The summed E-state index contributed by atoms with van der Waals surface area (Å²) in [5.41, 5.74) is 6.33. The largest absolute Gasteiger partial charge is 0.395 e. The van der Waals surface area contributed by atoms with Gasteiger partial charge in [0.1, 0.15) is 0 Å². The highest BCUT2D eigenvalue weighted by Gasteiger charge is 2.32. The maximum atomic E-state index is 9.08. The molecule has 0 radical (unpaired) electrons. The maximum absolute atomic E-state index is 9.08. The third-order valence-corrected chi connectivity index (χ3v) is 3.86. The summed E-state index contributed by atoms with van der Waals surface area (Å²) >= 11 is 0. The Morgan fingerprint density at radius 3 is 2.38 bits per heavy atom. The second-order valence-electron chi connectivity index (χ2n) is 5.26. The van der Waals surface area contributed by atoms with E-state index in [4.69, 9.17) is 10.8 Å². The molecule has 3 nitrogen and oxygen atoms in total. The molecule has 1 rings (SSSR count). The molecule has 0 aromatic heterocycles. The van der Waals surface area contributed by atoms with Crippen LogP contribution in [-0.2, 0) is 0 Å². The standard InChI is InChI=1S/C13H28N2O/c1-2-8-15(9-10-16)12-13(11-14)6-4-3-5-7-13/h16H,2-12,14H2,1H3. The number of hydrogen-bond donors (Lipinski definition) is 2. The second kappa shape index (κ2) is 7.25. The van der Waals surface area contributed by atoms with E-state index in [0.29, 0.717) is 5.41 Å².